The van der Waals surface area contributed by atoms with Crippen LogP contribution >= 0.6 is 0 Å². The number of rotatable bonds is 3. The molecular weight excluding hydrogens is 238 g/mol. The molecule has 0 saturated heterocycles. The molecule has 0 unspecified atom stereocenters. The van der Waals surface area contributed by atoms with E-state index in [0.29, 0.717) is 11.7 Å². The van der Waals surface area contributed by atoms with Crippen molar-refractivity contribution in [2.24, 2.45) is 0 Å². The highest BCUT2D eigenvalue weighted by Crippen LogP contribution is 2.41. The van der Waals surface area contributed by atoms with E-state index in [2.05, 4.69) is 15.3 Å². The first-order chi connectivity index (χ1) is 8.03. The molecule has 2 aliphatic rings. The van der Waals surface area contributed by atoms with E-state index < -0.39 is 9.84 Å². The third-order valence-electron chi connectivity index (χ3n) is 3.12. The molecule has 1 aliphatic carbocycles. The van der Waals surface area contributed by atoms with Crippen molar-refractivity contribution >= 4 is 9.84 Å². The van der Waals surface area contributed by atoms with Gasteiger partial charge < -0.3 is 5.32 Å². The molecule has 0 amide bonds. The van der Waals surface area contributed by atoms with Crippen LogP contribution in [-0.2, 0) is 28.7 Å². The van der Waals surface area contributed by atoms with E-state index in [1.54, 1.807) is 0 Å². The van der Waals surface area contributed by atoms with Crippen molar-refractivity contribution in [3.05, 3.63) is 22.8 Å². The minimum Gasteiger partial charge on any atom is -0.307 e. The Labute approximate surface area is 101 Å². The van der Waals surface area contributed by atoms with Gasteiger partial charge >= 0.3 is 0 Å². The summed E-state index contributed by atoms with van der Waals surface area (Å²) in [5.74, 6) is 0.932. The predicted octanol–water partition coefficient (Wildman–Crippen LogP) is 0.502. The third-order valence-corrected chi connectivity index (χ3v) is 3.90. The molecule has 92 valence electrons. The van der Waals surface area contributed by atoms with E-state index in [0.717, 1.165) is 24.5 Å². The monoisotopic (exact) mass is 253 g/mol. The second-order valence-corrected chi connectivity index (χ2v) is 7.04. The highest BCUT2D eigenvalue weighted by atomic mass is 32.2. The fraction of sp³-hybridized carbons (Fsp3) is 0.636. The number of hydrogen-bond acceptors (Lipinski definition) is 5. The summed E-state index contributed by atoms with van der Waals surface area (Å²) in [5, 5.41) is 3.25. The maximum atomic E-state index is 11.3. The molecule has 2 heterocycles. The van der Waals surface area contributed by atoms with E-state index >= 15 is 0 Å². The Hall–Kier alpha value is -1.01. The summed E-state index contributed by atoms with van der Waals surface area (Å²) in [6, 6.07) is 0. The molecule has 3 rings (SSSR count). The Bertz CT molecular complexity index is 564. The van der Waals surface area contributed by atoms with Gasteiger partial charge in [-0.05, 0) is 12.8 Å². The molecule has 0 spiro atoms. The lowest BCUT2D eigenvalue weighted by Crippen LogP contribution is -2.10. The van der Waals surface area contributed by atoms with E-state index in [9.17, 15) is 8.42 Å². The van der Waals surface area contributed by atoms with Crippen molar-refractivity contribution < 1.29 is 8.42 Å². The van der Waals surface area contributed by atoms with Crippen LogP contribution in [0.3, 0.4) is 0 Å². The zero-order chi connectivity index (χ0) is 12.0. The molecule has 17 heavy (non-hydrogen) atoms. The van der Waals surface area contributed by atoms with Crippen molar-refractivity contribution in [2.75, 3.05) is 6.26 Å². The summed E-state index contributed by atoms with van der Waals surface area (Å²) in [4.78, 5) is 8.82. The van der Waals surface area contributed by atoms with Crippen LogP contribution < -0.4 is 5.32 Å². The van der Waals surface area contributed by atoms with E-state index in [1.165, 1.54) is 24.7 Å². The molecule has 1 fully saturated rings. The van der Waals surface area contributed by atoms with Gasteiger partial charge in [-0.25, -0.2) is 18.4 Å². The molecule has 1 aromatic rings. The van der Waals surface area contributed by atoms with Crippen molar-refractivity contribution in [3.8, 4) is 0 Å². The average Bonchev–Trinajstić information content (AvgIpc) is 2.94. The molecule has 0 radical (unpaired) electrons. The molecule has 1 aromatic heterocycles. The quantitative estimate of drug-likeness (QED) is 0.849. The molecule has 1 aliphatic heterocycles. The van der Waals surface area contributed by atoms with Gasteiger partial charge in [0.05, 0.1) is 11.4 Å². The summed E-state index contributed by atoms with van der Waals surface area (Å²) >= 11 is 0. The fourth-order valence-corrected chi connectivity index (χ4v) is 2.84. The van der Waals surface area contributed by atoms with Crippen LogP contribution in [0.4, 0.5) is 0 Å². The summed E-state index contributed by atoms with van der Waals surface area (Å²) in [6.45, 7) is 1.55. The van der Waals surface area contributed by atoms with Crippen molar-refractivity contribution in [3.63, 3.8) is 0 Å². The molecule has 6 heteroatoms. The second-order valence-electron chi connectivity index (χ2n) is 4.90. The van der Waals surface area contributed by atoms with Crippen LogP contribution in [0.25, 0.3) is 0 Å². The summed E-state index contributed by atoms with van der Waals surface area (Å²) in [5.41, 5.74) is 3.27. The van der Waals surface area contributed by atoms with Gasteiger partial charge in [-0.1, -0.05) is 0 Å². The zero-order valence-corrected chi connectivity index (χ0v) is 10.5. The van der Waals surface area contributed by atoms with Crippen LogP contribution in [0.2, 0.25) is 0 Å². The van der Waals surface area contributed by atoms with Gasteiger partial charge in [-0.2, -0.15) is 0 Å². The topological polar surface area (TPSA) is 72.0 Å². The Morgan fingerprint density at radius 1 is 1.29 bits per heavy atom. The van der Waals surface area contributed by atoms with E-state index in [4.69, 9.17) is 0 Å². The number of nitrogens with one attached hydrogen (secondary N) is 1. The first kappa shape index (κ1) is 11.1. The van der Waals surface area contributed by atoms with Crippen LogP contribution in [0.5, 0.6) is 0 Å². The number of hydrogen-bond donors (Lipinski definition) is 1. The standard InChI is InChI=1S/C11H15N3O2S/c1-17(15,16)6-10-13-9-5-12-4-8(9)11(14-10)7-2-3-7/h7,12H,2-6H2,1H3. The number of nitrogens with zero attached hydrogens (tertiary/aromatic N) is 2. The summed E-state index contributed by atoms with van der Waals surface area (Å²) in [6.07, 6.45) is 3.56. The Morgan fingerprint density at radius 3 is 2.71 bits per heavy atom. The van der Waals surface area contributed by atoms with Crippen molar-refractivity contribution in [1.29, 1.82) is 0 Å². The zero-order valence-electron chi connectivity index (χ0n) is 9.73. The number of sulfone groups is 1. The SMILES string of the molecule is CS(=O)(=O)Cc1nc2c(c(C3CC3)n1)CNC2. The number of fused-ring (bicyclic) bond motifs is 1. The second kappa shape index (κ2) is 3.74. The first-order valence-corrected chi connectivity index (χ1v) is 7.86. The lowest BCUT2D eigenvalue weighted by molar-refractivity contribution is 0.599. The molecule has 5 nitrogen and oxygen atoms in total. The molecule has 1 N–H and O–H groups in total. The molecule has 0 aromatic carbocycles. The number of aromatic nitrogens is 2. The van der Waals surface area contributed by atoms with Gasteiger partial charge in [0.25, 0.3) is 0 Å². The molecule has 0 bridgehead atoms. The summed E-state index contributed by atoms with van der Waals surface area (Å²) in [7, 11) is -3.06. The average molecular weight is 253 g/mol. The van der Waals surface area contributed by atoms with Crippen molar-refractivity contribution in [1.82, 2.24) is 15.3 Å². The maximum Gasteiger partial charge on any atom is 0.154 e. The lowest BCUT2D eigenvalue weighted by Gasteiger charge is -2.08. The Morgan fingerprint density at radius 2 is 2.06 bits per heavy atom. The first-order valence-electron chi connectivity index (χ1n) is 5.80. The van der Waals surface area contributed by atoms with Crippen LogP contribution in [0, 0.1) is 0 Å². The van der Waals surface area contributed by atoms with E-state index in [-0.39, 0.29) is 5.75 Å². The van der Waals surface area contributed by atoms with Gasteiger partial charge in [0.15, 0.2) is 9.84 Å². The van der Waals surface area contributed by atoms with Gasteiger partial charge in [-0.15, -0.1) is 0 Å². The largest absolute Gasteiger partial charge is 0.307 e. The summed E-state index contributed by atoms with van der Waals surface area (Å²) < 4.78 is 22.6. The fourth-order valence-electron chi connectivity index (χ4n) is 2.24. The lowest BCUT2D eigenvalue weighted by atomic mass is 10.1. The predicted molar refractivity (Wildman–Crippen MR) is 63.1 cm³/mol. The van der Waals surface area contributed by atoms with Gasteiger partial charge in [0.2, 0.25) is 0 Å². The van der Waals surface area contributed by atoms with Crippen LogP contribution in [-0.4, -0.2) is 24.6 Å². The van der Waals surface area contributed by atoms with E-state index in [1.807, 2.05) is 0 Å². The Kier molecular flexibility index (Phi) is 2.45. The molecule has 0 atom stereocenters. The normalized spacial score (nSPS) is 19.4. The van der Waals surface area contributed by atoms with Crippen molar-refractivity contribution in [2.45, 2.75) is 37.6 Å². The Balaban J connectivity index is 2.03. The van der Waals surface area contributed by atoms with Gasteiger partial charge in [0, 0.05) is 30.8 Å². The van der Waals surface area contributed by atoms with Crippen LogP contribution in [0.1, 0.15) is 41.5 Å². The minimum absolute atomic E-state index is 0.0556. The highest BCUT2D eigenvalue weighted by Gasteiger charge is 2.31. The smallest absolute Gasteiger partial charge is 0.154 e. The highest BCUT2D eigenvalue weighted by molar-refractivity contribution is 7.89. The van der Waals surface area contributed by atoms with Crippen LogP contribution in [0.15, 0.2) is 0 Å². The molecular formula is C11H15N3O2S. The third kappa shape index (κ3) is 2.32. The maximum absolute atomic E-state index is 11.3. The molecule has 1 saturated carbocycles. The van der Waals surface area contributed by atoms with Gasteiger partial charge in [-0.3, -0.25) is 0 Å². The van der Waals surface area contributed by atoms with Gasteiger partial charge in [0.1, 0.15) is 11.6 Å². The minimum atomic E-state index is -3.06.